The first-order chi connectivity index (χ1) is 12.2. The molecule has 3 fully saturated rings. The highest BCUT2D eigenvalue weighted by Gasteiger charge is 2.53. The highest BCUT2D eigenvalue weighted by Crippen LogP contribution is 2.45. The van der Waals surface area contributed by atoms with E-state index in [1.807, 2.05) is 17.4 Å². The molecule has 25 heavy (non-hydrogen) atoms. The largest absolute Gasteiger partial charge is 0.458 e. The number of hydrogen-bond acceptors (Lipinski definition) is 4. The van der Waals surface area contributed by atoms with Crippen LogP contribution >= 0.6 is 0 Å². The smallest absolute Gasteiger partial charge is 0.307 e. The first kappa shape index (κ1) is 16.6. The lowest BCUT2D eigenvalue weighted by atomic mass is 9.75. The van der Waals surface area contributed by atoms with Crippen LogP contribution in [-0.4, -0.2) is 45.0 Å². The molecule has 0 bridgehead atoms. The Labute approximate surface area is 148 Å². The van der Waals surface area contributed by atoms with Crippen molar-refractivity contribution in [1.82, 2.24) is 14.5 Å². The topological polar surface area (TPSA) is 64.4 Å². The molecule has 2 aliphatic heterocycles. The van der Waals surface area contributed by atoms with Crippen molar-refractivity contribution in [3.8, 4) is 0 Å². The van der Waals surface area contributed by atoms with E-state index in [2.05, 4.69) is 9.55 Å². The van der Waals surface area contributed by atoms with Gasteiger partial charge in [-0.05, 0) is 44.4 Å². The number of likely N-dealkylation sites (tertiary alicyclic amines) is 1. The zero-order valence-electron chi connectivity index (χ0n) is 14.7. The lowest BCUT2D eigenvalue weighted by Crippen LogP contribution is -2.49. The van der Waals surface area contributed by atoms with Crippen LogP contribution < -0.4 is 0 Å². The molecule has 0 radical (unpaired) electrons. The molecule has 1 aromatic heterocycles. The maximum absolute atomic E-state index is 13.1. The summed E-state index contributed by atoms with van der Waals surface area (Å²) in [4.78, 5) is 31.1. The van der Waals surface area contributed by atoms with Gasteiger partial charge in [0.2, 0.25) is 5.91 Å². The molecule has 4 rings (SSSR count). The van der Waals surface area contributed by atoms with E-state index in [1.54, 1.807) is 6.20 Å². The average Bonchev–Trinajstić information content (AvgIpc) is 3.24. The molecule has 1 aliphatic carbocycles. The van der Waals surface area contributed by atoms with Crippen LogP contribution in [0.3, 0.4) is 0 Å². The number of nitrogens with zero attached hydrogens (tertiary/aromatic N) is 3. The number of piperidine rings is 1. The number of hydrogen-bond donors (Lipinski definition) is 0. The van der Waals surface area contributed by atoms with Crippen molar-refractivity contribution in [2.45, 2.75) is 63.5 Å². The van der Waals surface area contributed by atoms with Crippen molar-refractivity contribution in [2.24, 2.45) is 11.8 Å². The minimum absolute atomic E-state index is 0.147. The summed E-state index contributed by atoms with van der Waals surface area (Å²) in [6.45, 7) is 2.55. The van der Waals surface area contributed by atoms with E-state index < -0.39 is 5.60 Å². The molecule has 1 aromatic rings. The van der Waals surface area contributed by atoms with Crippen molar-refractivity contribution >= 4 is 11.9 Å². The van der Waals surface area contributed by atoms with Crippen LogP contribution in [0.2, 0.25) is 0 Å². The van der Waals surface area contributed by atoms with E-state index in [-0.39, 0.29) is 24.2 Å². The molecule has 0 unspecified atom stereocenters. The Kier molecular flexibility index (Phi) is 4.52. The van der Waals surface area contributed by atoms with Crippen LogP contribution in [0.4, 0.5) is 0 Å². The number of carbonyl (C=O) groups excluding carboxylic acids is 2. The fraction of sp³-hybridized carbons (Fsp3) is 0.737. The number of ether oxygens (including phenoxy) is 1. The number of rotatable bonds is 3. The molecule has 0 aromatic carbocycles. The van der Waals surface area contributed by atoms with E-state index in [0.29, 0.717) is 5.92 Å². The minimum atomic E-state index is -0.500. The highest BCUT2D eigenvalue weighted by molar-refractivity contribution is 5.88. The molecule has 0 N–H and O–H groups in total. The van der Waals surface area contributed by atoms with Gasteiger partial charge in [0.05, 0.1) is 18.7 Å². The second-order valence-electron chi connectivity index (χ2n) is 7.88. The summed E-state index contributed by atoms with van der Waals surface area (Å²) in [6.07, 6.45) is 13.0. The number of aromatic nitrogens is 2. The monoisotopic (exact) mass is 345 g/mol. The summed E-state index contributed by atoms with van der Waals surface area (Å²) in [7, 11) is 0. The molecular weight excluding hydrogens is 318 g/mol. The number of carbonyl (C=O) groups is 2. The van der Waals surface area contributed by atoms with Crippen molar-refractivity contribution < 1.29 is 14.3 Å². The Morgan fingerprint density at radius 2 is 2.00 bits per heavy atom. The molecule has 1 spiro atoms. The summed E-state index contributed by atoms with van der Waals surface area (Å²) in [5.74, 6) is 0.290. The zero-order valence-corrected chi connectivity index (χ0v) is 14.7. The first-order valence-corrected chi connectivity index (χ1v) is 9.63. The zero-order chi connectivity index (χ0) is 17.3. The molecule has 1 amide bonds. The van der Waals surface area contributed by atoms with Gasteiger partial charge in [-0.25, -0.2) is 4.98 Å². The third-order valence-electron chi connectivity index (χ3n) is 6.28. The maximum atomic E-state index is 13.1. The highest BCUT2D eigenvalue weighted by atomic mass is 16.6. The standard InChI is InChI=1S/C19H27N3O3/c23-17-12-16(19(25-17)6-2-1-3-7-19)18(24)22-9-4-15(5-10-22)13-21-11-8-20-14-21/h8,11,14-16H,1-7,9-10,12-13H2/t16-/m0/s1. The van der Waals surface area contributed by atoms with Crippen LogP contribution in [-0.2, 0) is 20.9 Å². The summed E-state index contributed by atoms with van der Waals surface area (Å²) in [5, 5.41) is 0. The molecule has 3 aliphatic rings. The second-order valence-corrected chi connectivity index (χ2v) is 7.88. The van der Waals surface area contributed by atoms with Crippen LogP contribution in [0.25, 0.3) is 0 Å². The fourth-order valence-corrected chi connectivity index (χ4v) is 4.85. The summed E-state index contributed by atoms with van der Waals surface area (Å²) < 4.78 is 7.82. The molecule has 3 heterocycles. The average molecular weight is 345 g/mol. The van der Waals surface area contributed by atoms with Crippen molar-refractivity contribution in [2.75, 3.05) is 13.1 Å². The van der Waals surface area contributed by atoms with Crippen LogP contribution in [0.1, 0.15) is 51.4 Å². The van der Waals surface area contributed by atoms with Gasteiger partial charge < -0.3 is 14.2 Å². The summed E-state index contributed by atoms with van der Waals surface area (Å²) >= 11 is 0. The Balaban J connectivity index is 1.37. The van der Waals surface area contributed by atoms with Crippen molar-refractivity contribution in [3.05, 3.63) is 18.7 Å². The molecule has 136 valence electrons. The Morgan fingerprint density at radius 3 is 2.68 bits per heavy atom. The van der Waals surface area contributed by atoms with Crippen LogP contribution in [0, 0.1) is 11.8 Å². The third kappa shape index (κ3) is 3.31. The molecule has 1 saturated carbocycles. The summed E-state index contributed by atoms with van der Waals surface area (Å²) in [5.41, 5.74) is -0.500. The molecule has 2 saturated heterocycles. The fourth-order valence-electron chi connectivity index (χ4n) is 4.85. The van der Waals surface area contributed by atoms with Gasteiger partial charge >= 0.3 is 5.97 Å². The van der Waals surface area contributed by atoms with Gasteiger partial charge in [0.15, 0.2) is 0 Å². The van der Waals surface area contributed by atoms with Crippen LogP contribution in [0.15, 0.2) is 18.7 Å². The Bertz CT molecular complexity index is 614. The SMILES string of the molecule is O=C1C[C@@H](C(=O)N2CCC(Cn3ccnc3)CC2)C2(CCCCC2)O1. The molecule has 6 nitrogen and oxygen atoms in total. The molecular formula is C19H27N3O3. The third-order valence-corrected chi connectivity index (χ3v) is 6.28. The van der Waals surface area contributed by atoms with Gasteiger partial charge in [0.1, 0.15) is 5.60 Å². The lowest BCUT2D eigenvalue weighted by molar-refractivity contribution is -0.156. The van der Waals surface area contributed by atoms with E-state index in [9.17, 15) is 9.59 Å². The Morgan fingerprint density at radius 1 is 1.24 bits per heavy atom. The number of esters is 1. The predicted octanol–water partition coefficient (Wildman–Crippen LogP) is 2.39. The van der Waals surface area contributed by atoms with E-state index >= 15 is 0 Å². The van der Waals surface area contributed by atoms with Gasteiger partial charge in [-0.2, -0.15) is 0 Å². The van der Waals surface area contributed by atoms with E-state index in [4.69, 9.17) is 4.74 Å². The second kappa shape index (κ2) is 6.81. The van der Waals surface area contributed by atoms with E-state index in [1.165, 1.54) is 6.42 Å². The van der Waals surface area contributed by atoms with E-state index in [0.717, 1.165) is 58.2 Å². The maximum Gasteiger partial charge on any atom is 0.307 e. The number of imidazole rings is 1. The van der Waals surface area contributed by atoms with Gasteiger partial charge in [-0.3, -0.25) is 9.59 Å². The Hall–Kier alpha value is -1.85. The van der Waals surface area contributed by atoms with Gasteiger partial charge in [-0.1, -0.05) is 6.42 Å². The quantitative estimate of drug-likeness (QED) is 0.789. The van der Waals surface area contributed by atoms with Gasteiger partial charge in [-0.15, -0.1) is 0 Å². The van der Waals surface area contributed by atoms with Crippen LogP contribution in [0.5, 0.6) is 0 Å². The normalized spacial score (nSPS) is 26.8. The van der Waals surface area contributed by atoms with Crippen molar-refractivity contribution in [1.29, 1.82) is 0 Å². The molecule has 1 atom stereocenters. The van der Waals surface area contributed by atoms with Crippen molar-refractivity contribution in [3.63, 3.8) is 0 Å². The minimum Gasteiger partial charge on any atom is -0.458 e. The van der Waals surface area contributed by atoms with Gasteiger partial charge in [0, 0.05) is 32.0 Å². The van der Waals surface area contributed by atoms with Gasteiger partial charge in [0.25, 0.3) is 0 Å². The number of amides is 1. The summed E-state index contributed by atoms with van der Waals surface area (Å²) in [6, 6.07) is 0. The molecule has 6 heteroatoms. The predicted molar refractivity (Wildman–Crippen MR) is 91.5 cm³/mol. The lowest BCUT2D eigenvalue weighted by Gasteiger charge is -2.40. The first-order valence-electron chi connectivity index (χ1n) is 9.63.